The maximum absolute atomic E-state index is 11.8. The largest absolute Gasteiger partial charge is 1.00 e. The van der Waals surface area contributed by atoms with E-state index in [1.807, 2.05) is 27.7 Å². The molecule has 1 unspecified atom stereocenters. The number of ketones is 1. The molecule has 1 aliphatic rings. The summed E-state index contributed by atoms with van der Waals surface area (Å²) >= 11 is 0. The van der Waals surface area contributed by atoms with Gasteiger partial charge in [-0.3, -0.25) is 16.3 Å². The molecule has 110 valence electrons. The average molecular weight is 295 g/mol. The van der Waals surface area contributed by atoms with Crippen LogP contribution in [-0.4, -0.2) is 29.3 Å². The van der Waals surface area contributed by atoms with E-state index in [0.717, 1.165) is 13.0 Å². The van der Waals surface area contributed by atoms with Crippen molar-refractivity contribution in [3.63, 3.8) is 0 Å². The maximum atomic E-state index is 11.8. The number of likely N-dealkylation sites (tertiary alicyclic amines) is 1. The zero-order valence-electron chi connectivity index (χ0n) is 14.5. The summed E-state index contributed by atoms with van der Waals surface area (Å²) in [5.41, 5.74) is 0. The van der Waals surface area contributed by atoms with Crippen LogP contribution in [-0.2, 0) is 4.79 Å². The van der Waals surface area contributed by atoms with Gasteiger partial charge in [0, 0.05) is 12.0 Å². The monoisotopic (exact) mass is 294 g/mol. The molecular formula is C16H33KNO-. The first kappa shape index (κ1) is 28.2. The molecule has 2 nitrogen and oxygen atoms in total. The fourth-order valence-corrected chi connectivity index (χ4v) is 2.10. The molecule has 1 rings (SSSR count). The summed E-state index contributed by atoms with van der Waals surface area (Å²) in [7, 11) is 0. The number of carbonyl (C=O) groups excluding carboxylic acids is 1. The first-order valence-corrected chi connectivity index (χ1v) is 6.74. The van der Waals surface area contributed by atoms with Gasteiger partial charge in [-0.05, 0) is 33.2 Å². The van der Waals surface area contributed by atoms with Crippen molar-refractivity contribution in [1.29, 1.82) is 0 Å². The molecule has 19 heavy (non-hydrogen) atoms. The molecule has 0 aromatic carbocycles. The van der Waals surface area contributed by atoms with Crippen molar-refractivity contribution < 1.29 is 56.2 Å². The fraction of sp³-hybridized carbons (Fsp3) is 0.750. The van der Waals surface area contributed by atoms with Gasteiger partial charge in [-0.25, -0.2) is 0 Å². The number of rotatable bonds is 3. The molecule has 1 atom stereocenters. The third-order valence-electron chi connectivity index (χ3n) is 2.85. The molecule has 0 aromatic heterocycles. The smallest absolute Gasteiger partial charge is 0.521 e. The van der Waals surface area contributed by atoms with E-state index in [2.05, 4.69) is 31.9 Å². The minimum atomic E-state index is 0. The molecule has 1 aliphatic heterocycles. The summed E-state index contributed by atoms with van der Waals surface area (Å²) in [6.07, 6.45) is 2.25. The molecule has 1 fully saturated rings. The normalized spacial score (nSPS) is 17.4. The van der Waals surface area contributed by atoms with Crippen LogP contribution in [0.15, 0.2) is 6.58 Å². The topological polar surface area (TPSA) is 20.3 Å². The van der Waals surface area contributed by atoms with Crippen LogP contribution in [0, 0.1) is 19.9 Å². The van der Waals surface area contributed by atoms with Crippen LogP contribution in [0.2, 0.25) is 0 Å². The Bertz CT molecular complexity index is 205. The van der Waals surface area contributed by atoms with Gasteiger partial charge in [-0.2, -0.15) is 0 Å². The molecular weight excluding hydrogens is 261 g/mol. The Morgan fingerprint density at radius 3 is 1.95 bits per heavy atom. The van der Waals surface area contributed by atoms with Crippen LogP contribution >= 0.6 is 0 Å². The van der Waals surface area contributed by atoms with Crippen LogP contribution in [0.1, 0.15) is 54.4 Å². The summed E-state index contributed by atoms with van der Waals surface area (Å²) in [5.74, 6) is 0.607. The summed E-state index contributed by atoms with van der Waals surface area (Å²) in [6.45, 7) is 20.4. The number of hydrogen-bond acceptors (Lipinski definition) is 2. The van der Waals surface area contributed by atoms with Crippen molar-refractivity contribution in [2.75, 3.05) is 6.54 Å². The van der Waals surface area contributed by atoms with E-state index in [4.69, 9.17) is 0 Å². The van der Waals surface area contributed by atoms with Crippen LogP contribution in [0.4, 0.5) is 0 Å². The second-order valence-corrected chi connectivity index (χ2v) is 4.55. The second-order valence-electron chi connectivity index (χ2n) is 4.55. The Kier molecular flexibility index (Phi) is 25.3. The van der Waals surface area contributed by atoms with Gasteiger partial charge in [-0.15, -0.1) is 0 Å². The Morgan fingerprint density at radius 1 is 1.21 bits per heavy atom. The standard InChI is InChI=1S/C11H21NO.C2H6.C2H3.CH3.K/c1-8(2)11(13)10-6-5-7-12(10)9(3)4;2*1-2;;/h8-10H,5-7H2,1-4H3;1-2H3;1H,2H2;1H3;/q;;2*-1;+1. The van der Waals surface area contributed by atoms with E-state index in [1.54, 1.807) is 0 Å². The van der Waals surface area contributed by atoms with Crippen molar-refractivity contribution in [3.8, 4) is 0 Å². The van der Waals surface area contributed by atoms with Gasteiger partial charge in [0.1, 0.15) is 0 Å². The summed E-state index contributed by atoms with van der Waals surface area (Å²) < 4.78 is 0. The Morgan fingerprint density at radius 2 is 1.63 bits per heavy atom. The Labute approximate surface area is 164 Å². The molecule has 0 spiro atoms. The predicted molar refractivity (Wildman–Crippen MR) is 82.4 cm³/mol. The summed E-state index contributed by atoms with van der Waals surface area (Å²) in [4.78, 5) is 14.2. The van der Waals surface area contributed by atoms with Crippen molar-refractivity contribution in [2.24, 2.45) is 5.92 Å². The zero-order chi connectivity index (χ0) is 14.0. The van der Waals surface area contributed by atoms with E-state index in [1.165, 1.54) is 6.42 Å². The van der Waals surface area contributed by atoms with E-state index in [-0.39, 0.29) is 70.8 Å². The third-order valence-corrected chi connectivity index (χ3v) is 2.85. The summed E-state index contributed by atoms with van der Waals surface area (Å²) in [5, 5.41) is 0. The molecule has 0 N–H and O–H groups in total. The predicted octanol–water partition coefficient (Wildman–Crippen LogP) is 1.17. The van der Waals surface area contributed by atoms with Gasteiger partial charge in [0.2, 0.25) is 0 Å². The van der Waals surface area contributed by atoms with E-state index in [9.17, 15) is 4.79 Å². The Balaban J connectivity index is -0.000000171. The summed E-state index contributed by atoms with van der Waals surface area (Å²) in [6, 6.07) is 0.718. The molecule has 3 heteroatoms. The molecule has 0 radical (unpaired) electrons. The molecule has 0 saturated carbocycles. The van der Waals surface area contributed by atoms with Gasteiger partial charge in [0.15, 0.2) is 5.78 Å². The molecule has 1 saturated heterocycles. The van der Waals surface area contributed by atoms with Crippen LogP contribution < -0.4 is 51.4 Å². The average Bonchev–Trinajstić information content (AvgIpc) is 2.82. The number of carbonyl (C=O) groups is 1. The van der Waals surface area contributed by atoms with E-state index in [0.29, 0.717) is 11.8 Å². The quantitative estimate of drug-likeness (QED) is 0.575. The van der Waals surface area contributed by atoms with E-state index < -0.39 is 0 Å². The molecule has 0 aliphatic carbocycles. The SMILES string of the molecule is CC.CC(C)C(=O)C1CCCN1C(C)C.[CH-]=C.[CH3-].[K+]. The molecule has 1 heterocycles. The van der Waals surface area contributed by atoms with Crippen molar-refractivity contribution in [2.45, 2.75) is 66.5 Å². The van der Waals surface area contributed by atoms with Gasteiger partial charge >= 0.3 is 51.4 Å². The third kappa shape index (κ3) is 10.4. The number of hydrogen-bond donors (Lipinski definition) is 0. The van der Waals surface area contributed by atoms with Crippen molar-refractivity contribution >= 4 is 5.78 Å². The molecule has 0 amide bonds. The van der Waals surface area contributed by atoms with Crippen molar-refractivity contribution in [1.82, 2.24) is 4.90 Å². The molecule has 0 aromatic rings. The number of nitrogens with zero attached hydrogens (tertiary/aromatic N) is 1. The fourth-order valence-electron chi connectivity index (χ4n) is 2.10. The number of Topliss-reactive ketones (excluding diaryl/α,β-unsaturated/α-hetero) is 1. The molecule has 0 bridgehead atoms. The van der Waals surface area contributed by atoms with Gasteiger partial charge in [-0.1, -0.05) is 27.7 Å². The zero-order valence-corrected chi connectivity index (χ0v) is 17.6. The van der Waals surface area contributed by atoms with Gasteiger partial charge in [0.05, 0.1) is 6.04 Å². The Hall–Kier alpha value is 1.01. The van der Waals surface area contributed by atoms with Crippen LogP contribution in [0.25, 0.3) is 0 Å². The first-order valence-electron chi connectivity index (χ1n) is 6.74. The van der Waals surface area contributed by atoms with Gasteiger partial charge < -0.3 is 14.0 Å². The first-order chi connectivity index (χ1) is 8.04. The van der Waals surface area contributed by atoms with E-state index >= 15 is 0 Å². The second kappa shape index (κ2) is 17.1. The minimum absolute atomic E-state index is 0. The van der Waals surface area contributed by atoms with Crippen LogP contribution in [0.5, 0.6) is 0 Å². The van der Waals surface area contributed by atoms with Crippen LogP contribution in [0.3, 0.4) is 0 Å². The minimum Gasteiger partial charge on any atom is -0.521 e. The maximum Gasteiger partial charge on any atom is 1.00 e. The van der Waals surface area contributed by atoms with Gasteiger partial charge in [0.25, 0.3) is 0 Å². The van der Waals surface area contributed by atoms with Crippen molar-refractivity contribution in [3.05, 3.63) is 20.6 Å².